The number of carbonyl (C=O) groups excluding carboxylic acids is 1. The van der Waals surface area contributed by atoms with Gasteiger partial charge in [-0.25, -0.2) is 4.98 Å². The Morgan fingerprint density at radius 3 is 2.74 bits per heavy atom. The molecule has 0 bridgehead atoms. The van der Waals surface area contributed by atoms with Gasteiger partial charge in [0.2, 0.25) is 5.91 Å². The molecule has 0 aliphatic heterocycles. The molecule has 104 valence electrons. The van der Waals surface area contributed by atoms with Crippen LogP contribution < -0.4 is 11.1 Å². The van der Waals surface area contributed by atoms with Crippen molar-refractivity contribution in [1.82, 2.24) is 4.98 Å². The van der Waals surface area contributed by atoms with Crippen molar-refractivity contribution in [1.29, 1.82) is 0 Å². The molecule has 19 heavy (non-hydrogen) atoms. The monoisotopic (exact) mass is 261 g/mol. The minimum Gasteiger partial charge on any atom is -0.320 e. The Bertz CT molecular complexity index is 439. The molecular formula is C15H23N3O. The number of aromatic nitrogens is 1. The molecule has 1 amide bonds. The van der Waals surface area contributed by atoms with Crippen molar-refractivity contribution in [2.45, 2.75) is 45.6 Å². The lowest BCUT2D eigenvalue weighted by Crippen LogP contribution is -2.43. The summed E-state index contributed by atoms with van der Waals surface area (Å²) in [7, 11) is 0. The van der Waals surface area contributed by atoms with Crippen molar-refractivity contribution in [3.63, 3.8) is 0 Å². The van der Waals surface area contributed by atoms with Crippen LogP contribution in [0, 0.1) is 18.8 Å². The lowest BCUT2D eigenvalue weighted by Gasteiger charge is -2.29. The van der Waals surface area contributed by atoms with Crippen molar-refractivity contribution in [3.8, 4) is 0 Å². The molecular weight excluding hydrogens is 238 g/mol. The van der Waals surface area contributed by atoms with Gasteiger partial charge in [0, 0.05) is 6.20 Å². The Morgan fingerprint density at radius 1 is 1.42 bits per heavy atom. The summed E-state index contributed by atoms with van der Waals surface area (Å²) in [6.45, 7) is 4.23. The van der Waals surface area contributed by atoms with Crippen LogP contribution in [0.15, 0.2) is 18.3 Å². The van der Waals surface area contributed by atoms with Gasteiger partial charge in [-0.05, 0) is 49.3 Å². The van der Waals surface area contributed by atoms with Crippen LogP contribution in [0.5, 0.6) is 0 Å². The van der Waals surface area contributed by atoms with Crippen LogP contribution >= 0.6 is 0 Å². The number of rotatable bonds is 3. The summed E-state index contributed by atoms with van der Waals surface area (Å²) in [6, 6.07) is 3.33. The van der Waals surface area contributed by atoms with Gasteiger partial charge in [0.25, 0.3) is 0 Å². The van der Waals surface area contributed by atoms with E-state index in [1.807, 2.05) is 19.1 Å². The third-order valence-electron chi connectivity index (χ3n) is 4.04. The summed E-state index contributed by atoms with van der Waals surface area (Å²) in [5, 5.41) is 2.82. The number of pyridine rings is 1. The average Bonchev–Trinajstić information content (AvgIpc) is 2.39. The maximum atomic E-state index is 12.1. The number of nitrogens with one attached hydrogen (secondary N) is 1. The van der Waals surface area contributed by atoms with Gasteiger partial charge in [-0.2, -0.15) is 0 Å². The van der Waals surface area contributed by atoms with E-state index in [2.05, 4.69) is 17.2 Å². The first-order valence-electron chi connectivity index (χ1n) is 7.05. The standard InChI is InChI=1S/C15H23N3O/c1-10-3-5-12(6-4-10)14(16)15(19)18-13-9-11(2)7-8-17-13/h7-10,12,14H,3-6,16H2,1-2H3,(H,17,18,19)/t10?,12?,14-/m0/s1. The van der Waals surface area contributed by atoms with Crippen LogP contribution in [0.4, 0.5) is 5.82 Å². The molecule has 4 heteroatoms. The second-order valence-electron chi connectivity index (χ2n) is 5.75. The van der Waals surface area contributed by atoms with Crippen molar-refractivity contribution in [3.05, 3.63) is 23.9 Å². The number of amides is 1. The van der Waals surface area contributed by atoms with E-state index < -0.39 is 6.04 Å². The number of anilines is 1. The predicted molar refractivity (Wildman–Crippen MR) is 76.7 cm³/mol. The van der Waals surface area contributed by atoms with Crippen molar-refractivity contribution in [2.24, 2.45) is 17.6 Å². The number of carbonyl (C=O) groups is 1. The lowest BCUT2D eigenvalue weighted by molar-refractivity contribution is -0.118. The van der Waals surface area contributed by atoms with Gasteiger partial charge >= 0.3 is 0 Å². The summed E-state index contributed by atoms with van der Waals surface area (Å²) in [6.07, 6.45) is 6.15. The van der Waals surface area contributed by atoms with Gasteiger partial charge in [-0.1, -0.05) is 19.8 Å². The van der Waals surface area contributed by atoms with Gasteiger partial charge in [-0.15, -0.1) is 0 Å². The molecule has 4 nitrogen and oxygen atoms in total. The van der Waals surface area contributed by atoms with Crippen LogP contribution in [0.25, 0.3) is 0 Å². The molecule has 0 saturated heterocycles. The highest BCUT2D eigenvalue weighted by molar-refractivity contribution is 5.94. The maximum Gasteiger partial charge on any atom is 0.242 e. The van der Waals surface area contributed by atoms with Gasteiger partial charge < -0.3 is 11.1 Å². The quantitative estimate of drug-likeness (QED) is 0.878. The van der Waals surface area contributed by atoms with Gasteiger partial charge in [-0.3, -0.25) is 4.79 Å². The van der Waals surface area contributed by atoms with E-state index >= 15 is 0 Å². The predicted octanol–water partition coefficient (Wildman–Crippen LogP) is 2.48. The smallest absolute Gasteiger partial charge is 0.242 e. The molecule has 2 rings (SSSR count). The largest absolute Gasteiger partial charge is 0.320 e. The van der Waals surface area contributed by atoms with Crippen molar-refractivity contribution < 1.29 is 4.79 Å². The summed E-state index contributed by atoms with van der Waals surface area (Å²) in [5.41, 5.74) is 7.16. The van der Waals surface area contributed by atoms with Crippen molar-refractivity contribution >= 4 is 11.7 Å². The molecule has 1 aromatic heterocycles. The van der Waals surface area contributed by atoms with Gasteiger partial charge in [0.15, 0.2) is 0 Å². The fraction of sp³-hybridized carbons (Fsp3) is 0.600. The molecule has 1 aromatic rings. The Labute approximate surface area is 114 Å². The second-order valence-corrected chi connectivity index (χ2v) is 5.75. The summed E-state index contributed by atoms with van der Waals surface area (Å²) in [4.78, 5) is 16.3. The first-order chi connectivity index (χ1) is 9.06. The third kappa shape index (κ3) is 3.77. The molecule has 1 fully saturated rings. The van der Waals surface area contributed by atoms with E-state index in [1.54, 1.807) is 6.20 Å². The molecule has 1 atom stereocenters. The Hall–Kier alpha value is -1.42. The average molecular weight is 261 g/mol. The number of nitrogens with two attached hydrogens (primary N) is 1. The zero-order chi connectivity index (χ0) is 13.8. The minimum absolute atomic E-state index is 0.113. The highest BCUT2D eigenvalue weighted by atomic mass is 16.2. The van der Waals surface area contributed by atoms with Gasteiger partial charge in [0.05, 0.1) is 6.04 Å². The Kier molecular flexibility index (Phi) is 4.53. The molecule has 3 N–H and O–H groups in total. The fourth-order valence-electron chi connectivity index (χ4n) is 2.67. The highest BCUT2D eigenvalue weighted by Crippen LogP contribution is 2.30. The van der Waals surface area contributed by atoms with E-state index in [1.165, 1.54) is 12.8 Å². The molecule has 0 radical (unpaired) electrons. The van der Waals surface area contributed by atoms with Crippen LogP contribution in [-0.2, 0) is 4.79 Å². The lowest BCUT2D eigenvalue weighted by atomic mass is 9.79. The summed E-state index contributed by atoms with van der Waals surface area (Å²) >= 11 is 0. The van der Waals surface area contributed by atoms with Crippen molar-refractivity contribution in [2.75, 3.05) is 5.32 Å². The van der Waals surface area contributed by atoms with E-state index in [0.29, 0.717) is 11.7 Å². The normalized spacial score (nSPS) is 24.8. The van der Waals surface area contributed by atoms with Gasteiger partial charge in [0.1, 0.15) is 5.82 Å². The second kappa shape index (κ2) is 6.15. The van der Waals surface area contributed by atoms with E-state index in [0.717, 1.165) is 24.3 Å². The molecule has 0 unspecified atom stereocenters. The highest BCUT2D eigenvalue weighted by Gasteiger charge is 2.28. The Balaban J connectivity index is 1.92. The number of aryl methyl sites for hydroxylation is 1. The first kappa shape index (κ1) is 14.0. The molecule has 1 heterocycles. The fourth-order valence-corrected chi connectivity index (χ4v) is 2.67. The van der Waals surface area contributed by atoms with Crippen LogP contribution in [0.3, 0.4) is 0 Å². The zero-order valence-corrected chi connectivity index (χ0v) is 11.7. The number of hydrogen-bond acceptors (Lipinski definition) is 3. The topological polar surface area (TPSA) is 68.0 Å². The SMILES string of the molecule is Cc1ccnc(NC(=O)[C@@H](N)C2CCC(C)CC2)c1. The van der Waals surface area contributed by atoms with E-state index in [-0.39, 0.29) is 5.91 Å². The van der Waals surface area contributed by atoms with E-state index in [4.69, 9.17) is 5.73 Å². The van der Waals surface area contributed by atoms with E-state index in [9.17, 15) is 4.79 Å². The zero-order valence-electron chi connectivity index (χ0n) is 11.7. The maximum absolute atomic E-state index is 12.1. The third-order valence-corrected chi connectivity index (χ3v) is 4.04. The molecule has 1 saturated carbocycles. The number of nitrogens with zero attached hydrogens (tertiary/aromatic N) is 1. The van der Waals surface area contributed by atoms with Crippen LogP contribution in [0.1, 0.15) is 38.2 Å². The molecule has 1 aliphatic rings. The Morgan fingerprint density at radius 2 is 2.11 bits per heavy atom. The summed E-state index contributed by atoms with van der Waals surface area (Å²) < 4.78 is 0. The minimum atomic E-state index is -0.421. The number of hydrogen-bond donors (Lipinski definition) is 2. The molecule has 0 spiro atoms. The van der Waals surface area contributed by atoms with Crippen LogP contribution in [0.2, 0.25) is 0 Å². The molecule has 1 aliphatic carbocycles. The van der Waals surface area contributed by atoms with Crippen LogP contribution in [-0.4, -0.2) is 16.9 Å². The first-order valence-corrected chi connectivity index (χ1v) is 7.05. The summed E-state index contributed by atoms with van der Waals surface area (Å²) in [5.74, 6) is 1.55. The molecule has 0 aromatic carbocycles.